The fourth-order valence-corrected chi connectivity index (χ4v) is 2.48. The summed E-state index contributed by atoms with van der Waals surface area (Å²) in [4.78, 5) is 0. The average Bonchev–Trinajstić information content (AvgIpc) is 2.97. The molecule has 0 spiro atoms. The summed E-state index contributed by atoms with van der Waals surface area (Å²) in [5, 5.41) is 2.66. The quantitative estimate of drug-likeness (QED) is 0.481. The van der Waals surface area contributed by atoms with Gasteiger partial charge in [-0.3, -0.25) is 0 Å². The molecule has 0 aliphatic carbocycles. The van der Waals surface area contributed by atoms with E-state index in [2.05, 4.69) is 77.1 Å². The summed E-state index contributed by atoms with van der Waals surface area (Å²) in [6.07, 6.45) is 0. The van der Waals surface area contributed by atoms with Gasteiger partial charge in [0.05, 0.1) is 0 Å². The van der Waals surface area contributed by atoms with Gasteiger partial charge in [-0.05, 0) is 0 Å². The molecule has 0 nitrogen and oxygen atoms in total. The fraction of sp³-hybridized carbons (Fsp3) is 0.263. The number of rotatable bonds is 0. The first-order valence-electron chi connectivity index (χ1n) is 6.82. The number of hydrogen-bond donors (Lipinski definition) is 0. The van der Waals surface area contributed by atoms with E-state index in [1.807, 2.05) is 0 Å². The topological polar surface area (TPSA) is 0 Å². The molecule has 3 aromatic carbocycles. The van der Waals surface area contributed by atoms with Crippen molar-refractivity contribution < 1.29 is 16.8 Å². The Labute approximate surface area is 132 Å². The van der Waals surface area contributed by atoms with E-state index in [9.17, 15) is 0 Å². The van der Waals surface area contributed by atoms with Crippen LogP contribution in [0.5, 0.6) is 0 Å². The predicted octanol–water partition coefficient (Wildman–Crippen LogP) is 5.50. The smallest absolute Gasteiger partial charge is 0 e. The van der Waals surface area contributed by atoms with Crippen LogP contribution in [0.2, 0.25) is 0 Å². The second-order valence-electron chi connectivity index (χ2n) is 5.28. The van der Waals surface area contributed by atoms with Gasteiger partial charge in [-0.1, -0.05) is 34.6 Å². The zero-order valence-electron chi connectivity index (χ0n) is 12.9. The van der Waals surface area contributed by atoms with Gasteiger partial charge in [-0.25, -0.2) is 0 Å². The van der Waals surface area contributed by atoms with E-state index in [1.165, 1.54) is 38.6 Å². The molecule has 113 valence electrons. The van der Waals surface area contributed by atoms with E-state index in [1.54, 1.807) is 0 Å². The van der Waals surface area contributed by atoms with Crippen LogP contribution in [0, 0.1) is 34.6 Å². The molecule has 0 aromatic heterocycles. The molecule has 0 saturated carbocycles. The van der Waals surface area contributed by atoms with Crippen LogP contribution in [0.25, 0.3) is 10.8 Å². The molecule has 1 heteroatoms. The molecule has 0 bridgehead atoms. The second kappa shape index (κ2) is 6.91. The number of benzene rings is 1. The summed E-state index contributed by atoms with van der Waals surface area (Å²) in [5.41, 5.74) is 7.34. The average molecular weight is 309 g/mol. The normalized spacial score (nSPS) is 9.85. The summed E-state index contributed by atoms with van der Waals surface area (Å²) in [6, 6.07) is 14.7. The molecule has 0 atom stereocenters. The Morgan fingerprint density at radius 2 is 1.20 bits per heavy atom. The van der Waals surface area contributed by atoms with E-state index in [0.29, 0.717) is 0 Å². The van der Waals surface area contributed by atoms with Gasteiger partial charge in [0.1, 0.15) is 0 Å². The van der Waals surface area contributed by atoms with Crippen molar-refractivity contribution in [2.24, 2.45) is 0 Å². The molecule has 0 unspecified atom stereocenters. The van der Waals surface area contributed by atoms with Gasteiger partial charge in [0.15, 0.2) is 0 Å². The monoisotopic (exact) mass is 309 g/mol. The standard InChI is InChI=1S/C10H15.C9H7.Co/c1-6-7(2)9(4)10(5)8(6)3;1-2-5-9-7-3-6-8(9)4-1;/h1-5H3;1-7H;/q-1;-5;. The van der Waals surface area contributed by atoms with Crippen molar-refractivity contribution in [3.63, 3.8) is 0 Å². The SMILES string of the molecule is Cc1c(C)c(C)[c-](C)c1C.[Co].c1cc[c-]2[cH-][cH-][cH-][c-]2c1. The molecule has 0 fully saturated rings. The maximum atomic E-state index is 2.20. The zero-order chi connectivity index (χ0) is 14.0. The van der Waals surface area contributed by atoms with Gasteiger partial charge in [0.2, 0.25) is 0 Å². The molecule has 0 heterocycles. The van der Waals surface area contributed by atoms with E-state index < -0.39 is 0 Å². The summed E-state index contributed by atoms with van der Waals surface area (Å²) >= 11 is 0. The summed E-state index contributed by atoms with van der Waals surface area (Å²) in [7, 11) is 0. The molecular weight excluding hydrogens is 287 g/mol. The molecule has 0 aliphatic rings. The molecule has 20 heavy (non-hydrogen) atoms. The molecule has 0 N–H and O–H groups in total. The van der Waals surface area contributed by atoms with Crippen LogP contribution in [-0.2, 0) is 16.8 Å². The van der Waals surface area contributed by atoms with Crippen LogP contribution in [-0.4, -0.2) is 0 Å². The number of hydrogen-bond acceptors (Lipinski definition) is 0. The van der Waals surface area contributed by atoms with E-state index >= 15 is 0 Å². The molecule has 3 rings (SSSR count). The second-order valence-corrected chi connectivity index (χ2v) is 5.28. The third-order valence-corrected chi connectivity index (χ3v) is 4.36. The Morgan fingerprint density at radius 3 is 1.50 bits per heavy atom. The largest absolute Gasteiger partial charge is 0.642 e. The van der Waals surface area contributed by atoms with Gasteiger partial charge in [0.25, 0.3) is 0 Å². The Morgan fingerprint density at radius 1 is 0.800 bits per heavy atom. The van der Waals surface area contributed by atoms with Crippen molar-refractivity contribution in [1.29, 1.82) is 0 Å². The van der Waals surface area contributed by atoms with Gasteiger partial charge in [-0.15, -0.1) is 0 Å². The Bertz CT molecular complexity index is 573. The predicted molar refractivity (Wildman–Crippen MR) is 85.3 cm³/mol. The van der Waals surface area contributed by atoms with Crippen LogP contribution in [0.4, 0.5) is 0 Å². The maximum absolute atomic E-state index is 2.20. The number of fused-ring (bicyclic) bond motifs is 1. The summed E-state index contributed by atoms with van der Waals surface area (Å²) in [6.45, 7) is 11.0. The summed E-state index contributed by atoms with van der Waals surface area (Å²) < 4.78 is 0. The Kier molecular flexibility index (Phi) is 5.79. The van der Waals surface area contributed by atoms with Gasteiger partial charge >= 0.3 is 0 Å². The van der Waals surface area contributed by atoms with Crippen LogP contribution in [0.1, 0.15) is 27.8 Å². The minimum atomic E-state index is 0. The first-order valence-corrected chi connectivity index (χ1v) is 6.82. The maximum Gasteiger partial charge on any atom is 0 e. The van der Waals surface area contributed by atoms with Crippen LogP contribution in [0.15, 0.2) is 42.5 Å². The van der Waals surface area contributed by atoms with Gasteiger partial charge in [0, 0.05) is 16.8 Å². The first-order chi connectivity index (χ1) is 9.02. The molecule has 3 aromatic rings. The third kappa shape index (κ3) is 3.22. The van der Waals surface area contributed by atoms with Crippen LogP contribution < -0.4 is 0 Å². The molecule has 1 radical (unpaired) electrons. The molecular formula is C19H22Co-6. The van der Waals surface area contributed by atoms with Crippen molar-refractivity contribution in [3.05, 3.63) is 70.3 Å². The molecule has 0 saturated heterocycles. The van der Waals surface area contributed by atoms with Crippen molar-refractivity contribution in [2.75, 3.05) is 0 Å². The summed E-state index contributed by atoms with van der Waals surface area (Å²) in [5.74, 6) is 0. The van der Waals surface area contributed by atoms with Crippen molar-refractivity contribution >= 4 is 10.8 Å². The van der Waals surface area contributed by atoms with Crippen molar-refractivity contribution in [2.45, 2.75) is 34.6 Å². The van der Waals surface area contributed by atoms with Crippen molar-refractivity contribution in [1.82, 2.24) is 0 Å². The first kappa shape index (κ1) is 16.7. The molecule has 0 amide bonds. The van der Waals surface area contributed by atoms with E-state index in [0.717, 1.165) is 0 Å². The van der Waals surface area contributed by atoms with Gasteiger partial charge in [-0.2, -0.15) is 27.8 Å². The Hall–Kier alpha value is -1.31. The zero-order valence-corrected chi connectivity index (χ0v) is 13.9. The fourth-order valence-electron chi connectivity index (χ4n) is 2.48. The van der Waals surface area contributed by atoms with Gasteiger partial charge < -0.3 is 53.2 Å². The van der Waals surface area contributed by atoms with E-state index in [-0.39, 0.29) is 16.8 Å². The van der Waals surface area contributed by atoms with Crippen LogP contribution >= 0.6 is 0 Å². The van der Waals surface area contributed by atoms with Crippen LogP contribution in [0.3, 0.4) is 0 Å². The van der Waals surface area contributed by atoms with E-state index in [4.69, 9.17) is 0 Å². The molecule has 0 aliphatic heterocycles. The third-order valence-electron chi connectivity index (χ3n) is 4.36. The minimum Gasteiger partial charge on any atom is -0.642 e. The Balaban J connectivity index is 0.000000191. The van der Waals surface area contributed by atoms with Crippen molar-refractivity contribution in [3.8, 4) is 0 Å². The minimum absolute atomic E-state index is 0.